The van der Waals surface area contributed by atoms with Gasteiger partial charge < -0.3 is 25.0 Å². The predicted molar refractivity (Wildman–Crippen MR) is 130 cm³/mol. The fourth-order valence-electron chi connectivity index (χ4n) is 3.80. The van der Waals surface area contributed by atoms with Gasteiger partial charge >= 0.3 is 0 Å². The number of likely N-dealkylation sites (N-methyl/N-ethyl adjacent to an activating group) is 2. The number of carbonyl (C=O) groups is 1. The first-order valence-electron chi connectivity index (χ1n) is 11.8. The van der Waals surface area contributed by atoms with Crippen LogP contribution in [0.2, 0.25) is 0 Å². The summed E-state index contributed by atoms with van der Waals surface area (Å²) in [5.41, 5.74) is 1.15. The number of nitrogens with zero attached hydrogens (tertiary/aromatic N) is 3. The molecule has 32 heavy (non-hydrogen) atoms. The van der Waals surface area contributed by atoms with Crippen molar-refractivity contribution in [3.05, 3.63) is 23.8 Å². The summed E-state index contributed by atoms with van der Waals surface area (Å²) < 4.78 is 11.4. The number of likely N-dealkylation sites (tertiary alicyclic amines) is 1. The Balaban J connectivity index is 1.96. The van der Waals surface area contributed by atoms with E-state index >= 15 is 0 Å². The third kappa shape index (κ3) is 8.22. The zero-order valence-electron chi connectivity index (χ0n) is 20.4. The molecule has 1 atom stereocenters. The SMILES string of the molecule is CCOc1ccc(CCNC(=NCC(=O)N(C)C)NCC2CCCN2CC)cc1OCC. The number of rotatable bonds is 12. The van der Waals surface area contributed by atoms with Crippen LogP contribution >= 0.6 is 0 Å². The van der Waals surface area contributed by atoms with Gasteiger partial charge in [0.15, 0.2) is 17.5 Å². The molecule has 1 fully saturated rings. The maximum atomic E-state index is 12.0. The summed E-state index contributed by atoms with van der Waals surface area (Å²) in [4.78, 5) is 20.6. The molecule has 1 aliphatic rings. The summed E-state index contributed by atoms with van der Waals surface area (Å²) in [6.07, 6.45) is 3.23. The number of hydrogen-bond donors (Lipinski definition) is 2. The first-order chi connectivity index (χ1) is 15.5. The van der Waals surface area contributed by atoms with E-state index in [0.29, 0.717) is 31.8 Å². The van der Waals surface area contributed by atoms with Crippen LogP contribution in [0.15, 0.2) is 23.2 Å². The first kappa shape index (κ1) is 25.8. The van der Waals surface area contributed by atoms with Gasteiger partial charge in [0.05, 0.1) is 13.2 Å². The second-order valence-corrected chi connectivity index (χ2v) is 8.08. The lowest BCUT2D eigenvalue weighted by Crippen LogP contribution is -2.45. The summed E-state index contributed by atoms with van der Waals surface area (Å²) >= 11 is 0. The van der Waals surface area contributed by atoms with Gasteiger partial charge in [-0.15, -0.1) is 0 Å². The van der Waals surface area contributed by atoms with Gasteiger partial charge in [0.2, 0.25) is 5.91 Å². The molecule has 1 unspecified atom stereocenters. The van der Waals surface area contributed by atoms with Crippen molar-refractivity contribution >= 4 is 11.9 Å². The summed E-state index contributed by atoms with van der Waals surface area (Å²) in [6.45, 7) is 11.2. The Morgan fingerprint density at radius 1 is 1.16 bits per heavy atom. The highest BCUT2D eigenvalue weighted by Crippen LogP contribution is 2.28. The van der Waals surface area contributed by atoms with Crippen molar-refractivity contribution < 1.29 is 14.3 Å². The van der Waals surface area contributed by atoms with E-state index in [9.17, 15) is 4.79 Å². The molecule has 2 rings (SSSR count). The van der Waals surface area contributed by atoms with E-state index < -0.39 is 0 Å². The van der Waals surface area contributed by atoms with Crippen LogP contribution in [0.4, 0.5) is 0 Å². The maximum absolute atomic E-state index is 12.0. The van der Waals surface area contributed by atoms with Crippen molar-refractivity contribution in [3.63, 3.8) is 0 Å². The van der Waals surface area contributed by atoms with Gasteiger partial charge in [-0.1, -0.05) is 13.0 Å². The number of hydrogen-bond acceptors (Lipinski definition) is 5. The maximum Gasteiger partial charge on any atom is 0.243 e. The summed E-state index contributed by atoms with van der Waals surface area (Å²) in [6, 6.07) is 6.57. The number of nitrogens with one attached hydrogen (secondary N) is 2. The van der Waals surface area contributed by atoms with Crippen LogP contribution in [-0.2, 0) is 11.2 Å². The number of aliphatic imine (C=N–C) groups is 1. The molecule has 8 nitrogen and oxygen atoms in total. The topological polar surface area (TPSA) is 78.4 Å². The minimum Gasteiger partial charge on any atom is -0.490 e. The summed E-state index contributed by atoms with van der Waals surface area (Å²) in [7, 11) is 3.50. The summed E-state index contributed by atoms with van der Waals surface area (Å²) in [5, 5.41) is 6.83. The van der Waals surface area contributed by atoms with E-state index in [-0.39, 0.29) is 12.5 Å². The van der Waals surface area contributed by atoms with Crippen LogP contribution in [0, 0.1) is 0 Å². The molecule has 8 heteroatoms. The van der Waals surface area contributed by atoms with Crippen molar-refractivity contribution in [3.8, 4) is 11.5 Å². The smallest absolute Gasteiger partial charge is 0.243 e. The Morgan fingerprint density at radius 2 is 1.91 bits per heavy atom. The van der Waals surface area contributed by atoms with Gasteiger partial charge in [-0.25, -0.2) is 4.99 Å². The predicted octanol–water partition coefficient (Wildman–Crippen LogP) is 2.13. The molecule has 1 aliphatic heterocycles. The van der Waals surface area contributed by atoms with E-state index in [2.05, 4.69) is 33.5 Å². The van der Waals surface area contributed by atoms with E-state index in [1.807, 2.05) is 26.0 Å². The zero-order chi connectivity index (χ0) is 23.3. The molecule has 1 aromatic rings. The molecule has 1 saturated heterocycles. The zero-order valence-corrected chi connectivity index (χ0v) is 20.4. The van der Waals surface area contributed by atoms with Crippen molar-refractivity contribution in [2.75, 3.05) is 60.0 Å². The molecular formula is C24H41N5O3. The number of ether oxygens (including phenoxy) is 2. The first-order valence-corrected chi connectivity index (χ1v) is 11.8. The van der Waals surface area contributed by atoms with Gasteiger partial charge in [-0.2, -0.15) is 0 Å². The minimum atomic E-state index is -0.0185. The van der Waals surface area contributed by atoms with Crippen molar-refractivity contribution in [2.24, 2.45) is 4.99 Å². The van der Waals surface area contributed by atoms with E-state index in [0.717, 1.165) is 43.1 Å². The van der Waals surface area contributed by atoms with Crippen molar-refractivity contribution in [2.45, 2.75) is 46.1 Å². The van der Waals surface area contributed by atoms with Crippen LogP contribution in [-0.4, -0.2) is 87.7 Å². The molecule has 0 aromatic heterocycles. The van der Waals surface area contributed by atoms with Gasteiger partial charge in [0.25, 0.3) is 0 Å². The molecule has 0 radical (unpaired) electrons. The molecule has 0 saturated carbocycles. The van der Waals surface area contributed by atoms with Crippen LogP contribution in [0.3, 0.4) is 0 Å². The van der Waals surface area contributed by atoms with Gasteiger partial charge in [-0.05, 0) is 63.9 Å². The molecule has 1 amide bonds. The Bertz CT molecular complexity index is 738. The number of guanidine groups is 1. The van der Waals surface area contributed by atoms with Crippen LogP contribution < -0.4 is 20.1 Å². The fourth-order valence-corrected chi connectivity index (χ4v) is 3.80. The van der Waals surface area contributed by atoms with Crippen LogP contribution in [0.1, 0.15) is 39.2 Å². The molecule has 0 spiro atoms. The molecule has 2 N–H and O–H groups in total. The third-order valence-electron chi connectivity index (χ3n) is 5.60. The lowest BCUT2D eigenvalue weighted by Gasteiger charge is -2.24. The van der Waals surface area contributed by atoms with Crippen molar-refractivity contribution in [1.29, 1.82) is 0 Å². The second-order valence-electron chi connectivity index (χ2n) is 8.08. The second kappa shape index (κ2) is 13.8. The van der Waals surface area contributed by atoms with Crippen LogP contribution in [0.25, 0.3) is 0 Å². The quantitative estimate of drug-likeness (QED) is 0.378. The van der Waals surface area contributed by atoms with Gasteiger partial charge in [0, 0.05) is 33.2 Å². The third-order valence-corrected chi connectivity index (χ3v) is 5.60. The highest BCUT2D eigenvalue weighted by atomic mass is 16.5. The van der Waals surface area contributed by atoms with E-state index in [1.54, 1.807) is 19.0 Å². The highest BCUT2D eigenvalue weighted by molar-refractivity contribution is 5.84. The molecule has 1 aromatic carbocycles. The van der Waals surface area contributed by atoms with E-state index in [4.69, 9.17) is 9.47 Å². The Kier molecular flexibility index (Phi) is 11.1. The molecule has 0 bridgehead atoms. The average Bonchev–Trinajstić information content (AvgIpc) is 3.24. The molecule has 1 heterocycles. The highest BCUT2D eigenvalue weighted by Gasteiger charge is 2.22. The van der Waals surface area contributed by atoms with Crippen LogP contribution in [0.5, 0.6) is 11.5 Å². The number of benzene rings is 1. The number of amides is 1. The van der Waals surface area contributed by atoms with Crippen molar-refractivity contribution in [1.82, 2.24) is 20.4 Å². The Morgan fingerprint density at radius 3 is 2.59 bits per heavy atom. The largest absolute Gasteiger partial charge is 0.490 e. The van der Waals surface area contributed by atoms with Gasteiger partial charge in [0.1, 0.15) is 6.54 Å². The fraction of sp³-hybridized carbons (Fsp3) is 0.667. The van der Waals surface area contributed by atoms with E-state index in [1.165, 1.54) is 12.8 Å². The molecule has 180 valence electrons. The Hall–Kier alpha value is -2.48. The van der Waals surface area contributed by atoms with Gasteiger partial charge in [-0.3, -0.25) is 9.69 Å². The summed E-state index contributed by atoms with van der Waals surface area (Å²) in [5.74, 6) is 2.21. The minimum absolute atomic E-state index is 0.0185. The lowest BCUT2D eigenvalue weighted by atomic mass is 10.1. The monoisotopic (exact) mass is 447 g/mol. The number of carbonyl (C=O) groups excluding carboxylic acids is 1. The average molecular weight is 448 g/mol. The molecular weight excluding hydrogens is 406 g/mol. The Labute approximate surface area is 193 Å². The lowest BCUT2D eigenvalue weighted by molar-refractivity contribution is -0.127. The molecule has 0 aliphatic carbocycles. The normalized spacial score (nSPS) is 16.7. The standard InChI is InChI=1S/C24H41N5O3/c1-6-29-15-9-10-20(29)17-26-24(27-18-23(30)28(4)5)25-14-13-19-11-12-21(31-7-2)22(16-19)32-8-3/h11-12,16,20H,6-10,13-15,17-18H2,1-5H3,(H2,25,26,27).